The molecule has 2 aromatic carbocycles. The third kappa shape index (κ3) is 5.82. The Balaban J connectivity index is 1.51. The summed E-state index contributed by atoms with van der Waals surface area (Å²) in [7, 11) is 1.60. The van der Waals surface area contributed by atoms with E-state index < -0.39 is 0 Å². The van der Waals surface area contributed by atoms with Crippen molar-refractivity contribution in [2.45, 2.75) is 13.2 Å². The molecule has 0 spiro atoms. The minimum absolute atomic E-state index is 0.0458. The Morgan fingerprint density at radius 1 is 1.18 bits per heavy atom. The van der Waals surface area contributed by atoms with Crippen molar-refractivity contribution in [3.8, 4) is 11.5 Å². The van der Waals surface area contributed by atoms with E-state index in [9.17, 15) is 4.39 Å². The molecule has 0 bridgehead atoms. The van der Waals surface area contributed by atoms with Crippen LogP contribution in [-0.2, 0) is 13.2 Å². The molecule has 1 heterocycles. The predicted octanol–water partition coefficient (Wildman–Crippen LogP) is 3.06. The number of hydrogen-bond donors (Lipinski definition) is 2. The molecule has 0 saturated carbocycles. The van der Waals surface area contributed by atoms with Crippen molar-refractivity contribution in [1.82, 2.24) is 15.5 Å². The number of halogens is 2. The van der Waals surface area contributed by atoms with Gasteiger partial charge in [-0.25, -0.2) is 4.39 Å². The maximum atomic E-state index is 13.9. The van der Waals surface area contributed by atoms with Crippen LogP contribution in [0.1, 0.15) is 11.1 Å². The second-order valence-corrected chi connectivity index (χ2v) is 7.15. The molecule has 7 heteroatoms. The first-order valence-electron chi connectivity index (χ1n) is 9.54. The van der Waals surface area contributed by atoms with Gasteiger partial charge in [0.15, 0.2) is 11.5 Å². The van der Waals surface area contributed by atoms with Crippen LogP contribution in [0.4, 0.5) is 4.39 Å². The Morgan fingerprint density at radius 3 is 2.75 bits per heavy atom. The van der Waals surface area contributed by atoms with E-state index in [0.717, 1.165) is 51.4 Å². The van der Waals surface area contributed by atoms with Crippen LogP contribution in [0.15, 0.2) is 36.4 Å². The van der Waals surface area contributed by atoms with Gasteiger partial charge in [0, 0.05) is 51.4 Å². The number of piperazine rings is 1. The zero-order valence-electron chi connectivity index (χ0n) is 16.1. The summed E-state index contributed by atoms with van der Waals surface area (Å²) >= 11 is 6.06. The van der Waals surface area contributed by atoms with Crippen LogP contribution in [-0.4, -0.2) is 51.3 Å². The fourth-order valence-electron chi connectivity index (χ4n) is 3.17. The molecule has 28 heavy (non-hydrogen) atoms. The van der Waals surface area contributed by atoms with Crippen molar-refractivity contribution in [2.24, 2.45) is 0 Å². The van der Waals surface area contributed by atoms with E-state index in [1.807, 2.05) is 18.2 Å². The summed E-state index contributed by atoms with van der Waals surface area (Å²) in [6, 6.07) is 10.4. The van der Waals surface area contributed by atoms with Crippen LogP contribution >= 0.6 is 11.6 Å². The first-order valence-corrected chi connectivity index (χ1v) is 9.91. The molecule has 2 N–H and O–H groups in total. The van der Waals surface area contributed by atoms with Crippen molar-refractivity contribution in [2.75, 3.05) is 46.4 Å². The summed E-state index contributed by atoms with van der Waals surface area (Å²) < 4.78 is 25.1. The molecule has 2 aromatic rings. The van der Waals surface area contributed by atoms with Gasteiger partial charge in [0.05, 0.1) is 12.1 Å². The van der Waals surface area contributed by atoms with Crippen LogP contribution in [0.3, 0.4) is 0 Å². The first kappa shape index (κ1) is 20.9. The third-order valence-corrected chi connectivity index (χ3v) is 5.16. The molecule has 0 amide bonds. The summed E-state index contributed by atoms with van der Waals surface area (Å²) in [4.78, 5) is 2.45. The van der Waals surface area contributed by atoms with Crippen molar-refractivity contribution in [3.05, 3.63) is 58.4 Å². The lowest BCUT2D eigenvalue weighted by Gasteiger charge is -2.27. The van der Waals surface area contributed by atoms with E-state index in [4.69, 9.17) is 21.1 Å². The largest absolute Gasteiger partial charge is 0.493 e. The fraction of sp³-hybridized carbons (Fsp3) is 0.429. The SMILES string of the molecule is COc1cc(CNCCN2CCNCC2)ccc1OCc1c(F)cccc1Cl. The summed E-state index contributed by atoms with van der Waals surface area (Å²) in [5.74, 6) is 0.803. The van der Waals surface area contributed by atoms with E-state index in [1.165, 1.54) is 6.07 Å². The van der Waals surface area contributed by atoms with Gasteiger partial charge in [-0.05, 0) is 29.8 Å². The number of hydrogen-bond acceptors (Lipinski definition) is 5. The first-order chi connectivity index (χ1) is 13.7. The molecule has 1 saturated heterocycles. The van der Waals surface area contributed by atoms with Crippen molar-refractivity contribution >= 4 is 11.6 Å². The number of ether oxygens (including phenoxy) is 2. The van der Waals surface area contributed by atoms with Gasteiger partial charge in [-0.2, -0.15) is 0 Å². The quantitative estimate of drug-likeness (QED) is 0.625. The molecule has 1 fully saturated rings. The highest BCUT2D eigenvalue weighted by Gasteiger charge is 2.11. The minimum atomic E-state index is -0.378. The number of nitrogens with zero attached hydrogens (tertiary/aromatic N) is 1. The van der Waals surface area contributed by atoms with Gasteiger partial charge in [-0.1, -0.05) is 23.7 Å². The topological polar surface area (TPSA) is 45.8 Å². The molecule has 1 aliphatic heterocycles. The maximum Gasteiger partial charge on any atom is 0.161 e. The summed E-state index contributed by atoms with van der Waals surface area (Å²) in [5, 5.41) is 7.18. The molecular formula is C21H27ClFN3O2. The molecule has 0 aliphatic carbocycles. The zero-order valence-corrected chi connectivity index (χ0v) is 16.9. The van der Waals surface area contributed by atoms with Gasteiger partial charge in [0.2, 0.25) is 0 Å². The number of methoxy groups -OCH3 is 1. The maximum absolute atomic E-state index is 13.9. The van der Waals surface area contributed by atoms with Crippen molar-refractivity contribution in [3.63, 3.8) is 0 Å². The average Bonchev–Trinajstić information content (AvgIpc) is 2.72. The normalized spacial score (nSPS) is 14.8. The van der Waals surface area contributed by atoms with E-state index >= 15 is 0 Å². The van der Waals surface area contributed by atoms with Crippen LogP contribution in [0.25, 0.3) is 0 Å². The van der Waals surface area contributed by atoms with E-state index in [-0.39, 0.29) is 12.4 Å². The lowest BCUT2D eigenvalue weighted by Crippen LogP contribution is -2.45. The zero-order chi connectivity index (χ0) is 19.8. The number of rotatable bonds is 9. The Morgan fingerprint density at radius 2 is 2.00 bits per heavy atom. The van der Waals surface area contributed by atoms with Crippen LogP contribution in [0, 0.1) is 5.82 Å². The molecule has 1 aliphatic rings. The van der Waals surface area contributed by atoms with Gasteiger partial charge in [0.1, 0.15) is 12.4 Å². The molecule has 152 valence electrons. The highest BCUT2D eigenvalue weighted by atomic mass is 35.5. The molecule has 5 nitrogen and oxygen atoms in total. The summed E-state index contributed by atoms with van der Waals surface area (Å²) in [6.45, 7) is 7.12. The number of benzene rings is 2. The second kappa shape index (κ2) is 10.6. The molecule has 3 rings (SSSR count). The average molecular weight is 408 g/mol. The molecule has 0 atom stereocenters. The van der Waals surface area contributed by atoms with Crippen LogP contribution < -0.4 is 20.1 Å². The summed E-state index contributed by atoms with van der Waals surface area (Å²) in [6.07, 6.45) is 0. The molecular weight excluding hydrogens is 381 g/mol. The monoisotopic (exact) mass is 407 g/mol. The lowest BCUT2D eigenvalue weighted by atomic mass is 10.2. The van der Waals surface area contributed by atoms with Crippen LogP contribution in [0.5, 0.6) is 11.5 Å². The van der Waals surface area contributed by atoms with Gasteiger partial charge in [-0.3, -0.25) is 4.90 Å². The predicted molar refractivity (Wildman–Crippen MR) is 110 cm³/mol. The van der Waals surface area contributed by atoms with E-state index in [2.05, 4.69) is 15.5 Å². The Bertz CT molecular complexity index is 749. The van der Waals surface area contributed by atoms with Gasteiger partial charge < -0.3 is 20.1 Å². The fourth-order valence-corrected chi connectivity index (χ4v) is 3.38. The van der Waals surface area contributed by atoms with E-state index in [0.29, 0.717) is 22.1 Å². The Kier molecular flexibility index (Phi) is 7.91. The molecule has 0 radical (unpaired) electrons. The minimum Gasteiger partial charge on any atom is -0.493 e. The highest BCUT2D eigenvalue weighted by Crippen LogP contribution is 2.30. The number of nitrogens with one attached hydrogen (secondary N) is 2. The lowest BCUT2D eigenvalue weighted by molar-refractivity contribution is 0.241. The van der Waals surface area contributed by atoms with Gasteiger partial charge >= 0.3 is 0 Å². The van der Waals surface area contributed by atoms with E-state index in [1.54, 1.807) is 19.2 Å². The van der Waals surface area contributed by atoms with Gasteiger partial charge in [-0.15, -0.1) is 0 Å². The van der Waals surface area contributed by atoms with Crippen LogP contribution in [0.2, 0.25) is 5.02 Å². The second-order valence-electron chi connectivity index (χ2n) is 6.74. The standard InChI is InChI=1S/C21H27ClFN3O2/c1-27-21-13-16(14-25-9-12-26-10-7-24-8-11-26)5-6-20(21)28-15-17-18(22)3-2-4-19(17)23/h2-6,13,24-25H,7-12,14-15H2,1H3. The van der Waals surface area contributed by atoms with Crippen molar-refractivity contribution in [1.29, 1.82) is 0 Å². The molecule has 0 aromatic heterocycles. The van der Waals surface area contributed by atoms with Gasteiger partial charge in [0.25, 0.3) is 0 Å². The Hall–Kier alpha value is -1.86. The smallest absolute Gasteiger partial charge is 0.161 e. The molecule has 0 unspecified atom stereocenters. The third-order valence-electron chi connectivity index (χ3n) is 4.81. The highest BCUT2D eigenvalue weighted by molar-refractivity contribution is 6.31. The van der Waals surface area contributed by atoms with Crippen molar-refractivity contribution < 1.29 is 13.9 Å². The Labute approximate surface area is 170 Å². The summed E-state index contributed by atoms with van der Waals surface area (Å²) in [5.41, 5.74) is 1.44.